The van der Waals surface area contributed by atoms with E-state index in [1.54, 1.807) is 0 Å². The Bertz CT molecular complexity index is 341. The van der Waals surface area contributed by atoms with Crippen molar-refractivity contribution in [3.63, 3.8) is 0 Å². The third kappa shape index (κ3) is 2.18. The van der Waals surface area contributed by atoms with Crippen molar-refractivity contribution >= 4 is 5.97 Å². The topological polar surface area (TPSA) is 35.5 Å². The molecule has 3 nitrogen and oxygen atoms in total. The number of ether oxygens (including phenoxy) is 2. The van der Waals surface area contributed by atoms with Gasteiger partial charge in [-0.25, -0.2) is 0 Å². The maximum Gasteiger partial charge on any atom is 0.316 e. The summed E-state index contributed by atoms with van der Waals surface area (Å²) in [6, 6.07) is 9.67. The van der Waals surface area contributed by atoms with Gasteiger partial charge in [-0.1, -0.05) is 30.3 Å². The monoisotopic (exact) mass is 206 g/mol. The Hall–Kier alpha value is -1.35. The zero-order valence-corrected chi connectivity index (χ0v) is 8.73. The van der Waals surface area contributed by atoms with Crippen LogP contribution in [0.5, 0.6) is 0 Å². The molecule has 0 spiro atoms. The summed E-state index contributed by atoms with van der Waals surface area (Å²) in [7, 11) is 0. The number of hydrogen-bond donors (Lipinski definition) is 0. The Labute approximate surface area is 89.0 Å². The van der Waals surface area contributed by atoms with Gasteiger partial charge in [0.1, 0.15) is 12.0 Å². The van der Waals surface area contributed by atoms with Crippen LogP contribution < -0.4 is 0 Å². The summed E-state index contributed by atoms with van der Waals surface area (Å²) in [4.78, 5) is 11.6. The second-order valence-corrected chi connectivity index (χ2v) is 4.12. The van der Waals surface area contributed by atoms with E-state index in [0.717, 1.165) is 5.56 Å². The van der Waals surface area contributed by atoms with Gasteiger partial charge in [-0.3, -0.25) is 4.79 Å². The Morgan fingerprint density at radius 3 is 2.60 bits per heavy atom. The lowest BCUT2D eigenvalue weighted by Gasteiger charge is -2.35. The quantitative estimate of drug-likeness (QED) is 0.707. The largest absolute Gasteiger partial charge is 0.460 e. The average Bonchev–Trinajstić information content (AvgIpc) is 2.24. The molecule has 0 aliphatic carbocycles. The van der Waals surface area contributed by atoms with Crippen molar-refractivity contribution in [3.05, 3.63) is 35.9 Å². The number of hydrogen-bond acceptors (Lipinski definition) is 3. The normalized spacial score (nSPS) is 17.9. The summed E-state index contributed by atoms with van der Waals surface area (Å²) < 4.78 is 10.2. The van der Waals surface area contributed by atoms with Crippen LogP contribution in [0.15, 0.2) is 30.3 Å². The van der Waals surface area contributed by atoms with Gasteiger partial charge in [-0.05, 0) is 12.5 Å². The smallest absolute Gasteiger partial charge is 0.316 e. The lowest BCUT2D eigenvalue weighted by Crippen LogP contribution is -2.47. The minimum absolute atomic E-state index is 0.169. The summed E-state index contributed by atoms with van der Waals surface area (Å²) in [6.45, 7) is 3.15. The first-order valence-electron chi connectivity index (χ1n) is 5.00. The number of rotatable bonds is 3. The molecule has 0 atom stereocenters. The first-order valence-corrected chi connectivity index (χ1v) is 5.00. The standard InChI is InChI=1S/C12H14O3/c1-12(8-14-9-12)11(13)15-7-10-5-3-2-4-6-10/h2-6H,7-9H2,1H3. The van der Waals surface area contributed by atoms with Crippen molar-refractivity contribution < 1.29 is 14.3 Å². The Morgan fingerprint density at radius 2 is 2.07 bits per heavy atom. The molecule has 1 aliphatic heterocycles. The third-order valence-corrected chi connectivity index (χ3v) is 2.55. The molecule has 15 heavy (non-hydrogen) atoms. The second-order valence-electron chi connectivity index (χ2n) is 4.12. The van der Waals surface area contributed by atoms with Gasteiger partial charge in [0, 0.05) is 0 Å². The van der Waals surface area contributed by atoms with Crippen LogP contribution in [-0.4, -0.2) is 19.2 Å². The summed E-state index contributed by atoms with van der Waals surface area (Å²) in [5.74, 6) is -0.169. The maximum atomic E-state index is 11.6. The molecule has 0 aromatic heterocycles. The molecular formula is C12H14O3. The summed E-state index contributed by atoms with van der Waals surface area (Å²) in [5.41, 5.74) is 0.587. The van der Waals surface area contributed by atoms with Crippen molar-refractivity contribution in [1.29, 1.82) is 0 Å². The molecule has 0 amide bonds. The minimum atomic E-state index is -0.422. The Kier molecular flexibility index (Phi) is 2.73. The predicted molar refractivity (Wildman–Crippen MR) is 55.2 cm³/mol. The van der Waals surface area contributed by atoms with Crippen molar-refractivity contribution in [2.45, 2.75) is 13.5 Å². The van der Waals surface area contributed by atoms with E-state index in [9.17, 15) is 4.79 Å². The van der Waals surface area contributed by atoms with Crippen LogP contribution >= 0.6 is 0 Å². The highest BCUT2D eigenvalue weighted by Crippen LogP contribution is 2.28. The highest BCUT2D eigenvalue weighted by molar-refractivity contribution is 5.77. The molecule has 0 N–H and O–H groups in total. The molecule has 0 bridgehead atoms. The molecule has 1 aromatic carbocycles. The molecule has 3 heteroatoms. The zero-order valence-electron chi connectivity index (χ0n) is 8.73. The summed E-state index contributed by atoms with van der Waals surface area (Å²) >= 11 is 0. The first-order chi connectivity index (χ1) is 7.21. The molecule has 2 rings (SSSR count). The number of carbonyl (C=O) groups excluding carboxylic acids is 1. The van der Waals surface area contributed by atoms with E-state index in [2.05, 4.69) is 0 Å². The van der Waals surface area contributed by atoms with E-state index >= 15 is 0 Å². The number of esters is 1. The predicted octanol–water partition coefficient (Wildman–Crippen LogP) is 1.77. The molecule has 1 aliphatic rings. The van der Waals surface area contributed by atoms with E-state index in [4.69, 9.17) is 9.47 Å². The second kappa shape index (κ2) is 4.03. The van der Waals surface area contributed by atoms with Crippen molar-refractivity contribution in [3.8, 4) is 0 Å². The van der Waals surface area contributed by atoms with Crippen LogP contribution in [0, 0.1) is 5.41 Å². The molecule has 1 aromatic rings. The molecular weight excluding hydrogens is 192 g/mol. The van der Waals surface area contributed by atoms with Gasteiger partial charge in [-0.15, -0.1) is 0 Å². The molecule has 0 radical (unpaired) electrons. The van der Waals surface area contributed by atoms with Gasteiger partial charge >= 0.3 is 5.97 Å². The van der Waals surface area contributed by atoms with Crippen molar-refractivity contribution in [2.75, 3.05) is 13.2 Å². The third-order valence-electron chi connectivity index (χ3n) is 2.55. The van der Waals surface area contributed by atoms with E-state index in [0.29, 0.717) is 19.8 Å². The zero-order chi connectivity index (χ0) is 10.7. The molecule has 0 saturated carbocycles. The van der Waals surface area contributed by atoms with Crippen LogP contribution in [0.3, 0.4) is 0 Å². The van der Waals surface area contributed by atoms with Gasteiger partial charge in [0.05, 0.1) is 13.2 Å². The van der Waals surface area contributed by atoms with Crippen LogP contribution in [0.25, 0.3) is 0 Å². The highest BCUT2D eigenvalue weighted by atomic mass is 16.6. The maximum absolute atomic E-state index is 11.6. The van der Waals surface area contributed by atoms with Gasteiger partial charge in [0.25, 0.3) is 0 Å². The SMILES string of the molecule is CC1(C(=O)OCc2ccccc2)COC1. The van der Waals surface area contributed by atoms with E-state index < -0.39 is 5.41 Å². The van der Waals surface area contributed by atoms with Crippen LogP contribution in [0.1, 0.15) is 12.5 Å². The molecule has 1 saturated heterocycles. The van der Waals surface area contributed by atoms with Crippen LogP contribution in [-0.2, 0) is 20.9 Å². The minimum Gasteiger partial charge on any atom is -0.460 e. The van der Waals surface area contributed by atoms with Crippen molar-refractivity contribution in [2.24, 2.45) is 5.41 Å². The van der Waals surface area contributed by atoms with E-state index in [1.807, 2.05) is 37.3 Å². The lowest BCUT2D eigenvalue weighted by molar-refractivity contribution is -0.183. The molecule has 1 heterocycles. The fourth-order valence-corrected chi connectivity index (χ4v) is 1.42. The van der Waals surface area contributed by atoms with E-state index in [1.165, 1.54) is 0 Å². The fraction of sp³-hybridized carbons (Fsp3) is 0.417. The van der Waals surface area contributed by atoms with Gasteiger partial charge in [-0.2, -0.15) is 0 Å². The molecule has 0 unspecified atom stereocenters. The van der Waals surface area contributed by atoms with Crippen molar-refractivity contribution in [1.82, 2.24) is 0 Å². The summed E-state index contributed by atoms with van der Waals surface area (Å²) in [5, 5.41) is 0. The van der Waals surface area contributed by atoms with E-state index in [-0.39, 0.29) is 5.97 Å². The molecule has 1 fully saturated rings. The van der Waals surface area contributed by atoms with Gasteiger partial charge in [0.15, 0.2) is 0 Å². The number of benzene rings is 1. The van der Waals surface area contributed by atoms with Crippen LogP contribution in [0.4, 0.5) is 0 Å². The van der Waals surface area contributed by atoms with Gasteiger partial charge in [0.2, 0.25) is 0 Å². The summed E-state index contributed by atoms with van der Waals surface area (Å²) in [6.07, 6.45) is 0. The lowest BCUT2D eigenvalue weighted by atomic mass is 9.89. The van der Waals surface area contributed by atoms with Crippen LogP contribution in [0.2, 0.25) is 0 Å². The highest BCUT2D eigenvalue weighted by Gasteiger charge is 2.42. The average molecular weight is 206 g/mol. The Morgan fingerprint density at radius 1 is 1.40 bits per heavy atom. The number of carbonyl (C=O) groups is 1. The van der Waals surface area contributed by atoms with Gasteiger partial charge < -0.3 is 9.47 Å². The fourth-order valence-electron chi connectivity index (χ4n) is 1.42. The first kappa shape index (κ1) is 10.2. The Balaban J connectivity index is 1.86. The molecule has 80 valence electrons.